The molecule has 1 aromatic carbocycles. The van der Waals surface area contributed by atoms with Crippen molar-refractivity contribution in [3.63, 3.8) is 0 Å². The Morgan fingerprint density at radius 1 is 1.38 bits per heavy atom. The van der Waals surface area contributed by atoms with Crippen molar-refractivity contribution in [2.24, 2.45) is 0 Å². The second-order valence-electron chi connectivity index (χ2n) is 5.44. The number of aryl methyl sites for hydroxylation is 2. The average molecular weight is 322 g/mol. The van der Waals surface area contributed by atoms with Crippen LogP contribution in [0.5, 0.6) is 0 Å². The van der Waals surface area contributed by atoms with E-state index < -0.39 is 5.97 Å². The zero-order chi connectivity index (χ0) is 17.3. The van der Waals surface area contributed by atoms with E-state index in [0.29, 0.717) is 5.56 Å². The fourth-order valence-corrected chi connectivity index (χ4v) is 2.36. The highest BCUT2D eigenvalue weighted by Gasteiger charge is 2.13. The Bertz CT molecular complexity index is 1040. The molecule has 3 aromatic rings. The number of benzene rings is 1. The number of nitrogens with zero attached hydrogens (tertiary/aromatic N) is 3. The van der Waals surface area contributed by atoms with Crippen LogP contribution in [-0.2, 0) is 11.3 Å². The van der Waals surface area contributed by atoms with Crippen LogP contribution in [0.4, 0.5) is 0 Å². The molecule has 0 aliphatic heterocycles. The molecular weight excluding hydrogens is 308 g/mol. The maximum Gasteiger partial charge on any atom is 0.338 e. The summed E-state index contributed by atoms with van der Waals surface area (Å²) in [6.45, 7) is 3.57. The molecule has 0 fully saturated rings. The van der Waals surface area contributed by atoms with Crippen LogP contribution in [-0.4, -0.2) is 20.6 Å². The standard InChI is InChI=1S/C17H14N4O3/c1-10-3-4-11(2)14(5-10)17(23)24-9-13-6-15(22)21-16(20-13)12(7-18)8-19-21/h3-6,8,19H,9H2,1-2H3. The minimum atomic E-state index is -0.479. The second-order valence-corrected chi connectivity index (χ2v) is 5.44. The van der Waals surface area contributed by atoms with E-state index in [0.717, 1.165) is 15.6 Å². The van der Waals surface area contributed by atoms with E-state index in [1.807, 2.05) is 32.0 Å². The van der Waals surface area contributed by atoms with Crippen LogP contribution in [0, 0.1) is 25.2 Å². The highest BCUT2D eigenvalue weighted by molar-refractivity contribution is 5.91. The number of hydrogen-bond acceptors (Lipinski definition) is 5. The number of H-pyrrole nitrogens is 1. The lowest BCUT2D eigenvalue weighted by atomic mass is 10.1. The molecule has 0 bridgehead atoms. The third-order valence-electron chi connectivity index (χ3n) is 3.64. The predicted molar refractivity (Wildman–Crippen MR) is 85.6 cm³/mol. The number of aromatic nitrogens is 3. The highest BCUT2D eigenvalue weighted by atomic mass is 16.5. The molecule has 0 radical (unpaired) electrons. The summed E-state index contributed by atoms with van der Waals surface area (Å²) >= 11 is 0. The lowest BCUT2D eigenvalue weighted by Gasteiger charge is -2.08. The van der Waals surface area contributed by atoms with Gasteiger partial charge in [0, 0.05) is 12.3 Å². The Morgan fingerprint density at radius 2 is 2.17 bits per heavy atom. The van der Waals surface area contributed by atoms with Gasteiger partial charge in [-0.25, -0.2) is 14.3 Å². The van der Waals surface area contributed by atoms with Gasteiger partial charge in [-0.15, -0.1) is 0 Å². The fourth-order valence-electron chi connectivity index (χ4n) is 2.36. The number of rotatable bonds is 3. The molecule has 24 heavy (non-hydrogen) atoms. The van der Waals surface area contributed by atoms with Crippen molar-refractivity contribution in [1.29, 1.82) is 5.26 Å². The maximum atomic E-state index is 12.2. The summed E-state index contributed by atoms with van der Waals surface area (Å²) in [6.07, 6.45) is 1.40. The van der Waals surface area contributed by atoms with Crippen molar-refractivity contribution >= 4 is 11.6 Å². The van der Waals surface area contributed by atoms with Gasteiger partial charge in [0.15, 0.2) is 5.65 Å². The van der Waals surface area contributed by atoms with Gasteiger partial charge in [0.1, 0.15) is 18.2 Å². The largest absolute Gasteiger partial charge is 0.456 e. The predicted octanol–water partition coefficient (Wildman–Crippen LogP) is 1.87. The number of hydrogen-bond donors (Lipinski definition) is 1. The van der Waals surface area contributed by atoms with Crippen molar-refractivity contribution in [1.82, 2.24) is 14.6 Å². The summed E-state index contributed by atoms with van der Waals surface area (Å²) in [6, 6.07) is 8.73. The molecule has 2 aromatic heterocycles. The third-order valence-corrected chi connectivity index (χ3v) is 3.64. The molecule has 0 atom stereocenters. The van der Waals surface area contributed by atoms with E-state index in [2.05, 4.69) is 10.1 Å². The van der Waals surface area contributed by atoms with Crippen LogP contribution in [0.3, 0.4) is 0 Å². The quantitative estimate of drug-likeness (QED) is 0.742. The fraction of sp³-hybridized carbons (Fsp3) is 0.176. The van der Waals surface area contributed by atoms with Crippen LogP contribution in [0.1, 0.15) is 32.7 Å². The van der Waals surface area contributed by atoms with Gasteiger partial charge in [0.25, 0.3) is 5.56 Å². The van der Waals surface area contributed by atoms with Gasteiger partial charge in [0.2, 0.25) is 0 Å². The zero-order valence-corrected chi connectivity index (χ0v) is 13.2. The maximum absolute atomic E-state index is 12.2. The topological polar surface area (TPSA) is 100 Å². The van der Waals surface area contributed by atoms with E-state index in [4.69, 9.17) is 10.00 Å². The normalized spacial score (nSPS) is 10.5. The zero-order valence-electron chi connectivity index (χ0n) is 13.2. The van der Waals surface area contributed by atoms with E-state index in [1.54, 1.807) is 6.07 Å². The Balaban J connectivity index is 1.85. The Morgan fingerprint density at radius 3 is 2.92 bits per heavy atom. The summed E-state index contributed by atoms with van der Waals surface area (Å²) in [5.74, 6) is -0.479. The Hall–Kier alpha value is -3.40. The number of carbonyl (C=O) groups is 1. The van der Waals surface area contributed by atoms with Crippen LogP contribution in [0.15, 0.2) is 35.3 Å². The van der Waals surface area contributed by atoms with Crippen molar-refractivity contribution in [3.8, 4) is 6.07 Å². The molecular formula is C17H14N4O3. The van der Waals surface area contributed by atoms with Gasteiger partial charge >= 0.3 is 5.97 Å². The first-order chi connectivity index (χ1) is 11.5. The smallest absolute Gasteiger partial charge is 0.338 e. The van der Waals surface area contributed by atoms with E-state index in [1.165, 1.54) is 12.3 Å². The number of nitrogens with one attached hydrogen (secondary N) is 1. The number of nitriles is 1. The van der Waals surface area contributed by atoms with Crippen molar-refractivity contribution < 1.29 is 9.53 Å². The molecule has 3 rings (SSSR count). The first-order valence-corrected chi connectivity index (χ1v) is 7.24. The van der Waals surface area contributed by atoms with Gasteiger partial charge in [0.05, 0.1) is 11.3 Å². The van der Waals surface area contributed by atoms with Gasteiger partial charge in [-0.3, -0.25) is 9.89 Å². The van der Waals surface area contributed by atoms with Gasteiger partial charge in [-0.05, 0) is 25.5 Å². The summed E-state index contributed by atoms with van der Waals surface area (Å²) in [4.78, 5) is 28.4. The molecule has 120 valence electrons. The van der Waals surface area contributed by atoms with E-state index in [9.17, 15) is 9.59 Å². The molecule has 0 aliphatic carbocycles. The lowest BCUT2D eigenvalue weighted by Crippen LogP contribution is -2.17. The van der Waals surface area contributed by atoms with Crippen LogP contribution >= 0.6 is 0 Å². The molecule has 7 nitrogen and oxygen atoms in total. The lowest BCUT2D eigenvalue weighted by molar-refractivity contribution is 0.0466. The molecule has 0 unspecified atom stereocenters. The highest BCUT2D eigenvalue weighted by Crippen LogP contribution is 2.13. The summed E-state index contributed by atoms with van der Waals surface area (Å²) in [5.41, 5.74) is 2.61. The molecule has 0 spiro atoms. The molecule has 2 heterocycles. The molecule has 0 saturated heterocycles. The van der Waals surface area contributed by atoms with Crippen LogP contribution in [0.2, 0.25) is 0 Å². The first-order valence-electron chi connectivity index (χ1n) is 7.24. The number of carbonyl (C=O) groups excluding carboxylic acids is 1. The van der Waals surface area contributed by atoms with Gasteiger partial charge < -0.3 is 4.74 Å². The molecule has 7 heteroatoms. The average Bonchev–Trinajstić information content (AvgIpc) is 2.98. The summed E-state index contributed by atoms with van der Waals surface area (Å²) < 4.78 is 6.42. The summed E-state index contributed by atoms with van der Waals surface area (Å²) in [7, 11) is 0. The van der Waals surface area contributed by atoms with E-state index in [-0.39, 0.29) is 29.1 Å². The molecule has 1 N–H and O–H groups in total. The van der Waals surface area contributed by atoms with Gasteiger partial charge in [-0.1, -0.05) is 17.7 Å². The Labute approximate surface area is 137 Å². The van der Waals surface area contributed by atoms with Crippen molar-refractivity contribution in [3.05, 3.63) is 68.8 Å². The Kier molecular flexibility index (Phi) is 3.88. The number of esters is 1. The summed E-state index contributed by atoms with van der Waals surface area (Å²) in [5, 5.41) is 11.7. The minimum absolute atomic E-state index is 0.145. The van der Waals surface area contributed by atoms with Crippen molar-refractivity contribution in [2.75, 3.05) is 0 Å². The van der Waals surface area contributed by atoms with Crippen LogP contribution in [0.25, 0.3) is 5.65 Å². The van der Waals surface area contributed by atoms with Gasteiger partial charge in [-0.2, -0.15) is 5.26 Å². The number of fused-ring (bicyclic) bond motifs is 1. The SMILES string of the molecule is Cc1ccc(C)c(C(=O)OCc2cc(=O)n3[nH]cc(C#N)c3n2)c1. The number of ether oxygens (including phenoxy) is 1. The second kappa shape index (κ2) is 6.01. The number of aromatic amines is 1. The molecule has 0 aliphatic rings. The van der Waals surface area contributed by atoms with Crippen molar-refractivity contribution in [2.45, 2.75) is 20.5 Å². The molecule has 0 saturated carbocycles. The van der Waals surface area contributed by atoms with E-state index >= 15 is 0 Å². The third kappa shape index (κ3) is 2.77. The molecule has 0 amide bonds. The van der Waals surface area contributed by atoms with Crippen LogP contribution < -0.4 is 5.56 Å². The monoisotopic (exact) mass is 322 g/mol. The first kappa shape index (κ1) is 15.5. The minimum Gasteiger partial charge on any atom is -0.456 e.